The van der Waals surface area contributed by atoms with Crippen molar-refractivity contribution < 1.29 is 0 Å². The van der Waals surface area contributed by atoms with E-state index in [0.29, 0.717) is 0 Å². The van der Waals surface area contributed by atoms with E-state index in [4.69, 9.17) is 0 Å². The summed E-state index contributed by atoms with van der Waals surface area (Å²) in [5.74, 6) is 0. The quantitative estimate of drug-likeness (QED) is 0.710. The van der Waals surface area contributed by atoms with Gasteiger partial charge in [0.2, 0.25) is 0 Å². The maximum atomic E-state index is 4.23. The summed E-state index contributed by atoms with van der Waals surface area (Å²) < 4.78 is 2.33. The highest BCUT2D eigenvalue weighted by atomic mass is 15.2. The highest BCUT2D eigenvalue weighted by Crippen LogP contribution is 2.24. The van der Waals surface area contributed by atoms with Crippen LogP contribution in [0.15, 0.2) is 48.9 Å². The van der Waals surface area contributed by atoms with E-state index in [9.17, 15) is 0 Å². The third kappa shape index (κ3) is 3.34. The van der Waals surface area contributed by atoms with Crippen LogP contribution in [0.2, 0.25) is 0 Å². The molecule has 1 saturated heterocycles. The smallest absolute Gasteiger partial charge is 0.0483 e. The molecular weight excluding hydrogens is 320 g/mol. The first-order chi connectivity index (χ1) is 12.8. The number of aromatic nitrogens is 2. The number of hydrogen-bond donors (Lipinski definition) is 0. The molecule has 0 bridgehead atoms. The number of nitrogens with zero attached hydrogens (tertiary/aromatic N) is 4. The fraction of sp³-hybridized carbons (Fsp3) is 0.409. The average Bonchev–Trinajstić information content (AvgIpc) is 2.95. The zero-order valence-electron chi connectivity index (χ0n) is 15.9. The van der Waals surface area contributed by atoms with Gasteiger partial charge in [-0.2, -0.15) is 0 Å². The van der Waals surface area contributed by atoms with E-state index in [1.54, 1.807) is 0 Å². The molecular formula is C22H28N4. The van der Waals surface area contributed by atoms with Gasteiger partial charge in [0.1, 0.15) is 0 Å². The van der Waals surface area contributed by atoms with Crippen molar-refractivity contribution in [1.29, 1.82) is 0 Å². The standard InChI is InChI=1S/C22H28N4/c1-3-25-13-9-20-19(6-4-7-22(20)25)17-24-11-5-12-26(15-14-24)21-8-10-23-16-18(21)2/h4,6-10,13,16H,3,5,11-12,14-15,17H2,1-2H3. The van der Waals surface area contributed by atoms with E-state index in [1.807, 2.05) is 12.4 Å². The van der Waals surface area contributed by atoms with Crippen molar-refractivity contribution in [3.05, 3.63) is 60.0 Å². The summed E-state index contributed by atoms with van der Waals surface area (Å²) in [6, 6.07) is 11.2. The molecule has 0 radical (unpaired) electrons. The first kappa shape index (κ1) is 17.1. The van der Waals surface area contributed by atoms with Crippen LogP contribution >= 0.6 is 0 Å². The fourth-order valence-corrected chi connectivity index (χ4v) is 4.13. The number of fused-ring (bicyclic) bond motifs is 1. The van der Waals surface area contributed by atoms with Gasteiger partial charge in [0.25, 0.3) is 0 Å². The topological polar surface area (TPSA) is 24.3 Å². The molecule has 0 aliphatic carbocycles. The Hall–Kier alpha value is -2.33. The van der Waals surface area contributed by atoms with Gasteiger partial charge < -0.3 is 9.47 Å². The van der Waals surface area contributed by atoms with Gasteiger partial charge in [0.05, 0.1) is 0 Å². The summed E-state index contributed by atoms with van der Waals surface area (Å²) in [5, 5.41) is 1.40. The predicted octanol–water partition coefficient (Wildman–Crippen LogP) is 4.08. The molecule has 3 heterocycles. The third-order valence-corrected chi connectivity index (χ3v) is 5.56. The normalized spacial score (nSPS) is 16.2. The molecule has 0 spiro atoms. The molecule has 0 unspecified atom stereocenters. The molecule has 0 saturated carbocycles. The van der Waals surface area contributed by atoms with Gasteiger partial charge in [-0.25, -0.2) is 0 Å². The van der Waals surface area contributed by atoms with E-state index >= 15 is 0 Å². The Morgan fingerprint density at radius 2 is 1.96 bits per heavy atom. The molecule has 3 aromatic rings. The van der Waals surface area contributed by atoms with Crippen LogP contribution in [0.3, 0.4) is 0 Å². The maximum Gasteiger partial charge on any atom is 0.0483 e. The minimum atomic E-state index is 1.02. The van der Waals surface area contributed by atoms with Crippen LogP contribution in [-0.2, 0) is 13.1 Å². The molecule has 1 aliphatic rings. The Balaban J connectivity index is 1.49. The second-order valence-corrected chi connectivity index (χ2v) is 7.23. The molecule has 4 nitrogen and oxygen atoms in total. The van der Waals surface area contributed by atoms with Crippen molar-refractivity contribution >= 4 is 16.6 Å². The van der Waals surface area contributed by atoms with Crippen molar-refractivity contribution in [2.75, 3.05) is 31.1 Å². The lowest BCUT2D eigenvalue weighted by Crippen LogP contribution is -2.30. The largest absolute Gasteiger partial charge is 0.370 e. The molecule has 4 heteroatoms. The van der Waals surface area contributed by atoms with Crippen LogP contribution in [0.4, 0.5) is 5.69 Å². The number of anilines is 1. The summed E-state index contributed by atoms with van der Waals surface area (Å²) >= 11 is 0. The van der Waals surface area contributed by atoms with Crippen LogP contribution in [0.25, 0.3) is 10.9 Å². The van der Waals surface area contributed by atoms with Crippen LogP contribution < -0.4 is 4.90 Å². The lowest BCUT2D eigenvalue weighted by atomic mass is 10.1. The first-order valence-corrected chi connectivity index (χ1v) is 9.71. The zero-order chi connectivity index (χ0) is 17.9. The molecule has 1 aliphatic heterocycles. The van der Waals surface area contributed by atoms with Gasteiger partial charge in [0.15, 0.2) is 0 Å². The van der Waals surface area contributed by atoms with Crippen LogP contribution in [-0.4, -0.2) is 40.6 Å². The average molecular weight is 348 g/mol. The van der Waals surface area contributed by atoms with Crippen molar-refractivity contribution in [3.63, 3.8) is 0 Å². The lowest BCUT2D eigenvalue weighted by molar-refractivity contribution is 0.286. The number of rotatable bonds is 4. The van der Waals surface area contributed by atoms with Gasteiger partial charge >= 0.3 is 0 Å². The lowest BCUT2D eigenvalue weighted by Gasteiger charge is -2.25. The SMILES string of the molecule is CCn1ccc2c(CN3CCCN(c4ccncc4C)CC3)cccc21. The second-order valence-electron chi connectivity index (χ2n) is 7.23. The molecule has 0 amide bonds. The van der Waals surface area contributed by atoms with Gasteiger partial charge in [-0.3, -0.25) is 9.88 Å². The van der Waals surface area contributed by atoms with Gasteiger partial charge in [0, 0.05) is 74.4 Å². The summed E-state index contributed by atoms with van der Waals surface area (Å²) in [7, 11) is 0. The van der Waals surface area contributed by atoms with E-state index in [0.717, 1.165) is 39.3 Å². The highest BCUT2D eigenvalue weighted by Gasteiger charge is 2.17. The van der Waals surface area contributed by atoms with Crippen molar-refractivity contribution in [2.45, 2.75) is 33.4 Å². The molecule has 136 valence electrons. The third-order valence-electron chi connectivity index (χ3n) is 5.56. The van der Waals surface area contributed by atoms with Crippen molar-refractivity contribution in [1.82, 2.24) is 14.5 Å². The molecule has 0 N–H and O–H groups in total. The molecule has 26 heavy (non-hydrogen) atoms. The Morgan fingerprint density at radius 3 is 2.81 bits per heavy atom. The minimum absolute atomic E-state index is 1.02. The number of pyridine rings is 1. The Morgan fingerprint density at radius 1 is 1.04 bits per heavy atom. The van der Waals surface area contributed by atoms with Crippen molar-refractivity contribution in [2.24, 2.45) is 0 Å². The zero-order valence-corrected chi connectivity index (χ0v) is 15.9. The fourth-order valence-electron chi connectivity index (χ4n) is 4.13. The Bertz CT molecular complexity index is 883. The summed E-state index contributed by atoms with van der Waals surface area (Å²) in [5.41, 5.74) is 5.41. The van der Waals surface area contributed by atoms with Crippen molar-refractivity contribution in [3.8, 4) is 0 Å². The number of aryl methyl sites for hydroxylation is 2. The van der Waals surface area contributed by atoms with Gasteiger partial charge in [-0.05, 0) is 49.6 Å². The molecule has 4 rings (SSSR count). The highest BCUT2D eigenvalue weighted by molar-refractivity contribution is 5.83. The molecule has 0 atom stereocenters. The number of hydrogen-bond acceptors (Lipinski definition) is 3. The van der Waals surface area contributed by atoms with E-state index in [1.165, 1.54) is 34.1 Å². The Labute approximate surface area is 156 Å². The molecule has 2 aromatic heterocycles. The summed E-state index contributed by atoms with van der Waals surface area (Å²) in [6.45, 7) is 10.9. The van der Waals surface area contributed by atoms with Crippen LogP contribution in [0.5, 0.6) is 0 Å². The van der Waals surface area contributed by atoms with Gasteiger partial charge in [-0.15, -0.1) is 0 Å². The summed E-state index contributed by atoms with van der Waals surface area (Å²) in [4.78, 5) is 9.36. The van der Waals surface area contributed by atoms with E-state index in [-0.39, 0.29) is 0 Å². The van der Waals surface area contributed by atoms with Gasteiger partial charge in [-0.1, -0.05) is 12.1 Å². The first-order valence-electron chi connectivity index (χ1n) is 9.71. The monoisotopic (exact) mass is 348 g/mol. The number of benzene rings is 1. The molecule has 1 fully saturated rings. The summed E-state index contributed by atoms with van der Waals surface area (Å²) in [6.07, 6.45) is 7.29. The second kappa shape index (κ2) is 7.50. The predicted molar refractivity (Wildman–Crippen MR) is 109 cm³/mol. The minimum Gasteiger partial charge on any atom is -0.370 e. The van der Waals surface area contributed by atoms with Crippen LogP contribution in [0.1, 0.15) is 24.5 Å². The molecule has 1 aromatic carbocycles. The van der Waals surface area contributed by atoms with E-state index in [2.05, 4.69) is 69.7 Å². The Kier molecular flexibility index (Phi) is 4.93. The maximum absolute atomic E-state index is 4.23. The van der Waals surface area contributed by atoms with Crippen LogP contribution in [0, 0.1) is 6.92 Å². The van der Waals surface area contributed by atoms with E-state index < -0.39 is 0 Å².